The fourth-order valence-corrected chi connectivity index (χ4v) is 3.04. The number of aromatic amines is 1. The van der Waals surface area contributed by atoms with Crippen molar-refractivity contribution in [3.8, 4) is 11.3 Å². The number of rotatable bonds is 8. The Bertz CT molecular complexity index is 955. The Kier molecular flexibility index (Phi) is 6.37. The smallest absolute Gasteiger partial charge is 0.272 e. The predicted octanol–water partition coefficient (Wildman–Crippen LogP) is 3.84. The van der Waals surface area contributed by atoms with Gasteiger partial charge in [0.25, 0.3) is 5.91 Å². The Hall–Kier alpha value is -3.22. The number of nitrogens with one attached hydrogen (secondary N) is 2. The van der Waals surface area contributed by atoms with Crippen LogP contribution in [0.15, 0.2) is 41.5 Å². The standard InChI is InChI=1S/C21H26N6O/c1-4-5-9-12-27-16(3)18(15(2)26-27)14-22-25-21(28)20-13-19(23-24-20)17-10-7-6-8-11-17/h6-8,10-11,13-14H,4-5,9,12H2,1-3H3,(H,23,24)(H,25,28)/b22-14+. The minimum atomic E-state index is -0.337. The Morgan fingerprint density at radius 2 is 2.04 bits per heavy atom. The van der Waals surface area contributed by atoms with Gasteiger partial charge in [-0.3, -0.25) is 14.6 Å². The SMILES string of the molecule is CCCCCn1nc(C)c(/C=N/NC(=O)c2cc(-c3ccccc3)n[nH]2)c1C. The molecule has 2 heterocycles. The van der Waals surface area contributed by atoms with Crippen molar-refractivity contribution in [2.75, 3.05) is 0 Å². The van der Waals surface area contributed by atoms with Crippen molar-refractivity contribution in [2.24, 2.45) is 5.10 Å². The van der Waals surface area contributed by atoms with Crippen LogP contribution in [-0.4, -0.2) is 32.1 Å². The first-order chi connectivity index (χ1) is 13.6. The molecule has 0 spiro atoms. The molecule has 0 bridgehead atoms. The molecule has 146 valence electrons. The summed E-state index contributed by atoms with van der Waals surface area (Å²) in [6, 6.07) is 11.4. The van der Waals surface area contributed by atoms with Crippen LogP contribution < -0.4 is 5.43 Å². The molecule has 0 atom stereocenters. The summed E-state index contributed by atoms with van der Waals surface area (Å²) in [4.78, 5) is 12.3. The van der Waals surface area contributed by atoms with E-state index in [0.29, 0.717) is 5.69 Å². The van der Waals surface area contributed by atoms with E-state index in [4.69, 9.17) is 0 Å². The second kappa shape index (κ2) is 9.12. The molecule has 0 unspecified atom stereocenters. The quantitative estimate of drug-likeness (QED) is 0.355. The summed E-state index contributed by atoms with van der Waals surface area (Å²) in [6.45, 7) is 7.06. The van der Waals surface area contributed by atoms with E-state index in [1.807, 2.05) is 48.9 Å². The number of hydrazone groups is 1. The van der Waals surface area contributed by atoms with E-state index in [9.17, 15) is 4.79 Å². The molecule has 0 saturated heterocycles. The van der Waals surface area contributed by atoms with Crippen LogP contribution in [0.5, 0.6) is 0 Å². The van der Waals surface area contributed by atoms with E-state index in [1.54, 1.807) is 12.3 Å². The zero-order chi connectivity index (χ0) is 19.9. The van der Waals surface area contributed by atoms with Gasteiger partial charge in [-0.15, -0.1) is 0 Å². The lowest BCUT2D eigenvalue weighted by Gasteiger charge is -2.03. The van der Waals surface area contributed by atoms with Crippen molar-refractivity contribution in [2.45, 2.75) is 46.6 Å². The maximum absolute atomic E-state index is 12.3. The van der Waals surface area contributed by atoms with Gasteiger partial charge < -0.3 is 0 Å². The lowest BCUT2D eigenvalue weighted by molar-refractivity contribution is 0.0950. The zero-order valence-electron chi connectivity index (χ0n) is 16.6. The number of unbranched alkanes of at least 4 members (excludes halogenated alkanes) is 2. The molecule has 1 amide bonds. The molecular formula is C21H26N6O. The van der Waals surface area contributed by atoms with Crippen molar-refractivity contribution in [3.05, 3.63) is 59.0 Å². The highest BCUT2D eigenvalue weighted by atomic mass is 16.2. The van der Waals surface area contributed by atoms with Gasteiger partial charge >= 0.3 is 0 Å². The number of aromatic nitrogens is 4. The number of aryl methyl sites for hydroxylation is 2. The molecule has 0 aliphatic heterocycles. The van der Waals surface area contributed by atoms with Crippen LogP contribution >= 0.6 is 0 Å². The second-order valence-corrected chi connectivity index (χ2v) is 6.75. The fraction of sp³-hybridized carbons (Fsp3) is 0.333. The Morgan fingerprint density at radius 1 is 1.25 bits per heavy atom. The van der Waals surface area contributed by atoms with E-state index >= 15 is 0 Å². The normalized spacial score (nSPS) is 11.2. The highest BCUT2D eigenvalue weighted by molar-refractivity contribution is 5.94. The van der Waals surface area contributed by atoms with Crippen molar-refractivity contribution in [1.82, 2.24) is 25.4 Å². The molecule has 3 aromatic rings. The van der Waals surface area contributed by atoms with Gasteiger partial charge in [0.15, 0.2) is 0 Å². The fourth-order valence-electron chi connectivity index (χ4n) is 3.04. The molecule has 1 aromatic carbocycles. The molecule has 2 aromatic heterocycles. The third-order valence-corrected chi connectivity index (χ3v) is 4.66. The summed E-state index contributed by atoms with van der Waals surface area (Å²) in [5.41, 5.74) is 7.47. The molecule has 0 aliphatic rings. The Labute approximate surface area is 164 Å². The van der Waals surface area contributed by atoms with Crippen LogP contribution in [0.1, 0.15) is 53.6 Å². The molecular weight excluding hydrogens is 352 g/mol. The number of nitrogens with zero attached hydrogens (tertiary/aromatic N) is 4. The molecule has 2 N–H and O–H groups in total. The van der Waals surface area contributed by atoms with Crippen molar-refractivity contribution in [1.29, 1.82) is 0 Å². The largest absolute Gasteiger partial charge is 0.289 e. The van der Waals surface area contributed by atoms with Gasteiger partial charge in [-0.25, -0.2) is 5.43 Å². The molecule has 0 aliphatic carbocycles. The average Bonchev–Trinajstić information content (AvgIpc) is 3.30. The van der Waals surface area contributed by atoms with Crippen molar-refractivity contribution < 1.29 is 4.79 Å². The molecule has 7 nitrogen and oxygen atoms in total. The number of amides is 1. The van der Waals surface area contributed by atoms with E-state index in [-0.39, 0.29) is 5.91 Å². The number of hydrogen-bond donors (Lipinski definition) is 2. The lowest BCUT2D eigenvalue weighted by atomic mass is 10.1. The zero-order valence-corrected chi connectivity index (χ0v) is 16.6. The van der Waals surface area contributed by atoms with Gasteiger partial charge in [0.2, 0.25) is 0 Å². The van der Waals surface area contributed by atoms with Crippen molar-refractivity contribution >= 4 is 12.1 Å². The van der Waals surface area contributed by atoms with Gasteiger partial charge in [-0.2, -0.15) is 15.3 Å². The summed E-state index contributed by atoms with van der Waals surface area (Å²) in [5.74, 6) is -0.337. The minimum absolute atomic E-state index is 0.337. The second-order valence-electron chi connectivity index (χ2n) is 6.75. The summed E-state index contributed by atoms with van der Waals surface area (Å²) in [5, 5.41) is 15.6. The van der Waals surface area contributed by atoms with Crippen LogP contribution in [0.25, 0.3) is 11.3 Å². The van der Waals surface area contributed by atoms with Crippen LogP contribution in [0.2, 0.25) is 0 Å². The summed E-state index contributed by atoms with van der Waals surface area (Å²) >= 11 is 0. The Morgan fingerprint density at radius 3 is 2.79 bits per heavy atom. The third-order valence-electron chi connectivity index (χ3n) is 4.66. The first-order valence-electron chi connectivity index (χ1n) is 9.58. The predicted molar refractivity (Wildman–Crippen MR) is 110 cm³/mol. The van der Waals surface area contributed by atoms with Gasteiger partial charge in [0, 0.05) is 23.4 Å². The maximum Gasteiger partial charge on any atom is 0.289 e. The summed E-state index contributed by atoms with van der Waals surface area (Å²) in [6.07, 6.45) is 5.13. The topological polar surface area (TPSA) is 88.0 Å². The first-order valence-corrected chi connectivity index (χ1v) is 9.58. The molecule has 28 heavy (non-hydrogen) atoms. The van der Waals surface area contributed by atoms with E-state index in [2.05, 4.69) is 32.7 Å². The third kappa shape index (κ3) is 4.54. The highest BCUT2D eigenvalue weighted by Gasteiger charge is 2.12. The van der Waals surface area contributed by atoms with Crippen LogP contribution in [0.3, 0.4) is 0 Å². The first kappa shape index (κ1) is 19.5. The minimum Gasteiger partial charge on any atom is -0.272 e. The maximum atomic E-state index is 12.3. The monoisotopic (exact) mass is 378 g/mol. The van der Waals surface area contributed by atoms with E-state index in [0.717, 1.165) is 41.2 Å². The van der Waals surface area contributed by atoms with Crippen LogP contribution in [0.4, 0.5) is 0 Å². The van der Waals surface area contributed by atoms with Gasteiger partial charge in [0.1, 0.15) is 5.69 Å². The van der Waals surface area contributed by atoms with Gasteiger partial charge in [-0.05, 0) is 26.3 Å². The van der Waals surface area contributed by atoms with Gasteiger partial charge in [-0.1, -0.05) is 50.1 Å². The molecule has 3 rings (SSSR count). The lowest BCUT2D eigenvalue weighted by Crippen LogP contribution is -2.18. The number of H-pyrrole nitrogens is 1. The average molecular weight is 378 g/mol. The molecule has 0 saturated carbocycles. The molecule has 0 fully saturated rings. The Balaban J connectivity index is 1.63. The van der Waals surface area contributed by atoms with E-state index < -0.39 is 0 Å². The number of benzene rings is 1. The van der Waals surface area contributed by atoms with Crippen molar-refractivity contribution in [3.63, 3.8) is 0 Å². The molecule has 0 radical (unpaired) electrons. The summed E-state index contributed by atoms with van der Waals surface area (Å²) in [7, 11) is 0. The number of carbonyl (C=O) groups is 1. The summed E-state index contributed by atoms with van der Waals surface area (Å²) < 4.78 is 2.01. The number of hydrogen-bond acceptors (Lipinski definition) is 4. The van der Waals surface area contributed by atoms with Gasteiger partial charge in [0.05, 0.1) is 17.6 Å². The number of carbonyl (C=O) groups excluding carboxylic acids is 1. The van der Waals surface area contributed by atoms with E-state index in [1.165, 1.54) is 12.8 Å². The van der Waals surface area contributed by atoms with Crippen LogP contribution in [0, 0.1) is 13.8 Å². The van der Waals surface area contributed by atoms with Crippen LogP contribution in [-0.2, 0) is 6.54 Å². The molecule has 7 heteroatoms. The highest BCUT2D eigenvalue weighted by Crippen LogP contribution is 2.17.